The second-order valence-corrected chi connectivity index (χ2v) is 4.74. The molecule has 0 saturated heterocycles. The highest BCUT2D eigenvalue weighted by Gasteiger charge is 2.22. The average molecular weight is 220 g/mol. The van der Waals surface area contributed by atoms with Crippen LogP contribution in [0.2, 0.25) is 0 Å². The molecule has 0 spiro atoms. The van der Waals surface area contributed by atoms with Gasteiger partial charge >= 0.3 is 0 Å². The lowest BCUT2D eigenvalue weighted by atomic mass is 9.81. The lowest BCUT2D eigenvalue weighted by molar-refractivity contribution is 0.119. The first-order valence-corrected chi connectivity index (χ1v) is 6.03. The molecule has 88 valence electrons. The minimum atomic E-state index is -0.111. The normalized spacial score (nSPS) is 25.4. The Labute approximate surface area is 97.3 Å². The molecule has 1 saturated carbocycles. The van der Waals surface area contributed by atoms with Crippen LogP contribution in [0, 0.1) is 6.92 Å². The van der Waals surface area contributed by atoms with Crippen LogP contribution in [0.5, 0.6) is 5.75 Å². The van der Waals surface area contributed by atoms with Crippen molar-refractivity contribution in [3.63, 3.8) is 0 Å². The minimum Gasteiger partial charge on any atom is -0.497 e. The number of aliphatic hydroxyl groups excluding tert-OH is 1. The summed E-state index contributed by atoms with van der Waals surface area (Å²) in [5, 5.41) is 9.71. The van der Waals surface area contributed by atoms with Gasteiger partial charge in [-0.1, -0.05) is 12.5 Å². The summed E-state index contributed by atoms with van der Waals surface area (Å²) in [6.45, 7) is 2.12. The Balaban J connectivity index is 2.19. The van der Waals surface area contributed by atoms with Crippen molar-refractivity contribution in [1.82, 2.24) is 0 Å². The molecule has 1 aliphatic rings. The highest BCUT2D eigenvalue weighted by Crippen LogP contribution is 2.35. The van der Waals surface area contributed by atoms with Gasteiger partial charge in [0, 0.05) is 0 Å². The fourth-order valence-electron chi connectivity index (χ4n) is 2.68. The molecule has 1 N–H and O–H groups in total. The van der Waals surface area contributed by atoms with Gasteiger partial charge in [-0.2, -0.15) is 0 Å². The monoisotopic (exact) mass is 220 g/mol. The lowest BCUT2D eigenvalue weighted by Crippen LogP contribution is -2.18. The van der Waals surface area contributed by atoms with Crippen molar-refractivity contribution in [3.8, 4) is 5.75 Å². The van der Waals surface area contributed by atoms with Crippen molar-refractivity contribution >= 4 is 0 Å². The summed E-state index contributed by atoms with van der Waals surface area (Å²) in [4.78, 5) is 0. The molecule has 0 amide bonds. The predicted octanol–water partition coefficient (Wildman–Crippen LogP) is 3.02. The summed E-state index contributed by atoms with van der Waals surface area (Å²) in [6, 6.07) is 6.25. The van der Waals surface area contributed by atoms with Gasteiger partial charge in [-0.15, -0.1) is 0 Å². The van der Waals surface area contributed by atoms with Gasteiger partial charge in [0.05, 0.1) is 13.2 Å². The second kappa shape index (κ2) is 4.88. The van der Waals surface area contributed by atoms with E-state index in [0.29, 0.717) is 5.92 Å². The molecule has 1 aliphatic carbocycles. The van der Waals surface area contributed by atoms with E-state index in [2.05, 4.69) is 19.1 Å². The van der Waals surface area contributed by atoms with E-state index in [1.165, 1.54) is 17.5 Å². The van der Waals surface area contributed by atoms with Crippen LogP contribution in [0.4, 0.5) is 0 Å². The first kappa shape index (κ1) is 11.5. The molecular formula is C14H20O2. The maximum Gasteiger partial charge on any atom is 0.119 e. The highest BCUT2D eigenvalue weighted by molar-refractivity contribution is 5.37. The molecule has 1 aromatic carbocycles. The van der Waals surface area contributed by atoms with E-state index >= 15 is 0 Å². The van der Waals surface area contributed by atoms with Gasteiger partial charge in [0.2, 0.25) is 0 Å². The molecule has 16 heavy (non-hydrogen) atoms. The molecule has 2 unspecified atom stereocenters. The molecule has 1 aromatic rings. The minimum absolute atomic E-state index is 0.111. The molecule has 2 heteroatoms. The van der Waals surface area contributed by atoms with Crippen molar-refractivity contribution in [1.29, 1.82) is 0 Å². The van der Waals surface area contributed by atoms with Crippen LogP contribution >= 0.6 is 0 Å². The van der Waals surface area contributed by atoms with Crippen LogP contribution in [-0.4, -0.2) is 18.3 Å². The molecule has 0 heterocycles. The maximum absolute atomic E-state index is 9.71. The summed E-state index contributed by atoms with van der Waals surface area (Å²) >= 11 is 0. The average Bonchev–Trinajstić information content (AvgIpc) is 2.28. The van der Waals surface area contributed by atoms with Crippen molar-refractivity contribution < 1.29 is 9.84 Å². The van der Waals surface area contributed by atoms with Crippen molar-refractivity contribution in [3.05, 3.63) is 29.3 Å². The standard InChI is InChI=1S/C14H20O2/c1-10-8-13(16-2)6-7-14(10)11-4-3-5-12(15)9-11/h6-8,11-12,15H,3-5,9H2,1-2H3. The van der Waals surface area contributed by atoms with Gasteiger partial charge in [0.1, 0.15) is 5.75 Å². The Morgan fingerprint density at radius 3 is 2.75 bits per heavy atom. The third kappa shape index (κ3) is 2.38. The van der Waals surface area contributed by atoms with E-state index in [0.717, 1.165) is 25.0 Å². The zero-order chi connectivity index (χ0) is 11.5. The summed E-state index contributed by atoms with van der Waals surface area (Å²) < 4.78 is 5.21. The van der Waals surface area contributed by atoms with E-state index in [1.807, 2.05) is 6.07 Å². The number of aryl methyl sites for hydroxylation is 1. The van der Waals surface area contributed by atoms with E-state index in [4.69, 9.17) is 4.74 Å². The molecule has 2 nitrogen and oxygen atoms in total. The Bertz CT molecular complexity index is 360. The summed E-state index contributed by atoms with van der Waals surface area (Å²) in [5.41, 5.74) is 2.65. The zero-order valence-electron chi connectivity index (χ0n) is 10.1. The number of ether oxygens (including phenoxy) is 1. The van der Waals surface area contributed by atoms with Gasteiger partial charge in [0.25, 0.3) is 0 Å². The number of aliphatic hydroxyl groups is 1. The largest absolute Gasteiger partial charge is 0.497 e. The van der Waals surface area contributed by atoms with Crippen molar-refractivity contribution in [2.45, 2.75) is 44.6 Å². The van der Waals surface area contributed by atoms with Gasteiger partial charge in [-0.25, -0.2) is 0 Å². The number of methoxy groups -OCH3 is 1. The number of rotatable bonds is 2. The van der Waals surface area contributed by atoms with Crippen LogP contribution in [0.3, 0.4) is 0 Å². The molecule has 2 rings (SSSR count). The van der Waals surface area contributed by atoms with E-state index in [1.54, 1.807) is 7.11 Å². The van der Waals surface area contributed by atoms with Crippen LogP contribution in [0.25, 0.3) is 0 Å². The lowest BCUT2D eigenvalue weighted by Gasteiger charge is -2.27. The molecule has 0 aliphatic heterocycles. The molecule has 1 fully saturated rings. The van der Waals surface area contributed by atoms with Crippen molar-refractivity contribution in [2.75, 3.05) is 7.11 Å². The third-order valence-corrected chi connectivity index (χ3v) is 3.56. The maximum atomic E-state index is 9.71. The van der Waals surface area contributed by atoms with Gasteiger partial charge in [-0.3, -0.25) is 0 Å². The Hall–Kier alpha value is -1.02. The second-order valence-electron chi connectivity index (χ2n) is 4.74. The van der Waals surface area contributed by atoms with Crippen molar-refractivity contribution in [2.24, 2.45) is 0 Å². The van der Waals surface area contributed by atoms with Crippen LogP contribution in [-0.2, 0) is 0 Å². The molecule has 0 radical (unpaired) electrons. The predicted molar refractivity (Wildman–Crippen MR) is 64.9 cm³/mol. The topological polar surface area (TPSA) is 29.5 Å². The molecule has 0 aromatic heterocycles. The number of benzene rings is 1. The fraction of sp³-hybridized carbons (Fsp3) is 0.571. The molecule has 2 atom stereocenters. The van der Waals surface area contributed by atoms with Gasteiger partial charge in [0.15, 0.2) is 0 Å². The number of hydrogen-bond acceptors (Lipinski definition) is 2. The van der Waals surface area contributed by atoms with Crippen LogP contribution in [0.15, 0.2) is 18.2 Å². The Morgan fingerprint density at radius 2 is 2.12 bits per heavy atom. The highest BCUT2D eigenvalue weighted by atomic mass is 16.5. The summed E-state index contributed by atoms with van der Waals surface area (Å²) in [6.07, 6.45) is 4.10. The summed E-state index contributed by atoms with van der Waals surface area (Å²) in [7, 11) is 1.69. The smallest absolute Gasteiger partial charge is 0.119 e. The number of hydrogen-bond donors (Lipinski definition) is 1. The van der Waals surface area contributed by atoms with E-state index in [9.17, 15) is 5.11 Å². The first-order chi connectivity index (χ1) is 7.70. The van der Waals surface area contributed by atoms with E-state index in [-0.39, 0.29) is 6.10 Å². The van der Waals surface area contributed by atoms with E-state index < -0.39 is 0 Å². The fourth-order valence-corrected chi connectivity index (χ4v) is 2.68. The van der Waals surface area contributed by atoms with Gasteiger partial charge < -0.3 is 9.84 Å². The molecular weight excluding hydrogens is 200 g/mol. The first-order valence-electron chi connectivity index (χ1n) is 6.03. The van der Waals surface area contributed by atoms with Gasteiger partial charge in [-0.05, 0) is 55.4 Å². The van der Waals surface area contributed by atoms with Crippen LogP contribution in [0.1, 0.15) is 42.7 Å². The third-order valence-electron chi connectivity index (χ3n) is 3.56. The van der Waals surface area contributed by atoms with Crippen LogP contribution < -0.4 is 4.74 Å². The molecule has 0 bridgehead atoms. The Kier molecular flexibility index (Phi) is 3.49. The zero-order valence-corrected chi connectivity index (χ0v) is 10.1. The quantitative estimate of drug-likeness (QED) is 0.830. The SMILES string of the molecule is COc1ccc(C2CCCC(O)C2)c(C)c1. The summed E-state index contributed by atoms with van der Waals surface area (Å²) in [5.74, 6) is 1.44. The Morgan fingerprint density at radius 1 is 1.31 bits per heavy atom.